The lowest BCUT2D eigenvalue weighted by molar-refractivity contribution is -0.112. The number of hydrogen-bond donors (Lipinski definition) is 1. The van der Waals surface area contributed by atoms with Crippen LogP contribution in [-0.4, -0.2) is 19.6 Å². The van der Waals surface area contributed by atoms with Crippen LogP contribution in [0.2, 0.25) is 10.0 Å². The Morgan fingerprint density at radius 3 is 2.61 bits per heavy atom. The number of methoxy groups -OCH3 is 1. The molecule has 1 N–H and O–H groups in total. The summed E-state index contributed by atoms with van der Waals surface area (Å²) >= 11 is 12.4. The van der Waals surface area contributed by atoms with Crippen LogP contribution in [-0.2, 0) is 4.79 Å². The Morgan fingerprint density at radius 1 is 1.25 bits per heavy atom. The lowest BCUT2D eigenvalue weighted by Gasteiger charge is -2.13. The van der Waals surface area contributed by atoms with E-state index in [-0.39, 0.29) is 5.57 Å². The molecule has 0 aromatic heterocycles. The highest BCUT2D eigenvalue weighted by atomic mass is 35.5. The number of nitrogens with zero attached hydrogens (tertiary/aromatic N) is 1. The fourth-order valence-corrected chi connectivity index (χ4v) is 2.81. The summed E-state index contributed by atoms with van der Waals surface area (Å²) in [5.74, 6) is 0.305. The van der Waals surface area contributed by atoms with Gasteiger partial charge >= 0.3 is 0 Å². The molecule has 0 aliphatic heterocycles. The van der Waals surface area contributed by atoms with E-state index in [1.54, 1.807) is 30.3 Å². The maximum absolute atomic E-state index is 12.5. The number of benzene rings is 2. The van der Waals surface area contributed by atoms with Crippen molar-refractivity contribution in [2.75, 3.05) is 19.0 Å². The molecule has 28 heavy (non-hydrogen) atoms. The van der Waals surface area contributed by atoms with E-state index < -0.39 is 5.91 Å². The Bertz CT molecular complexity index is 949. The third-order valence-electron chi connectivity index (χ3n) is 3.81. The first-order valence-electron chi connectivity index (χ1n) is 8.59. The van der Waals surface area contributed by atoms with Gasteiger partial charge in [0.2, 0.25) is 0 Å². The molecule has 0 aliphatic rings. The van der Waals surface area contributed by atoms with Crippen molar-refractivity contribution in [3.05, 3.63) is 57.1 Å². The standard InChI is InChI=1S/C21H20Cl2N2O3/c1-4-7-28-20-18(23)9-14(10-19(20)27-3)8-15(12-24)21(26)25-16-6-5-13(2)17(22)11-16/h5-6,8-11H,4,7H2,1-3H3,(H,25,26)/b15-8+. The normalized spacial score (nSPS) is 10.9. The van der Waals surface area contributed by atoms with Crippen LogP contribution in [0.25, 0.3) is 6.08 Å². The van der Waals surface area contributed by atoms with E-state index >= 15 is 0 Å². The Hall–Kier alpha value is -2.68. The molecule has 2 aromatic rings. The molecule has 0 heterocycles. The lowest BCUT2D eigenvalue weighted by Crippen LogP contribution is -2.13. The third kappa shape index (κ3) is 5.41. The van der Waals surface area contributed by atoms with Crippen LogP contribution in [0, 0.1) is 18.3 Å². The van der Waals surface area contributed by atoms with Crippen molar-refractivity contribution in [1.82, 2.24) is 0 Å². The molecule has 0 spiro atoms. The minimum absolute atomic E-state index is 0.0861. The van der Waals surface area contributed by atoms with Gasteiger partial charge in [0.15, 0.2) is 11.5 Å². The van der Waals surface area contributed by atoms with Crippen molar-refractivity contribution in [3.63, 3.8) is 0 Å². The Kier molecular flexibility index (Phi) is 7.74. The van der Waals surface area contributed by atoms with E-state index in [4.69, 9.17) is 32.7 Å². The highest BCUT2D eigenvalue weighted by Gasteiger charge is 2.14. The van der Waals surface area contributed by atoms with Gasteiger partial charge in [-0.05, 0) is 54.8 Å². The number of nitrogens with one attached hydrogen (secondary N) is 1. The average molecular weight is 419 g/mol. The molecule has 0 bridgehead atoms. The summed E-state index contributed by atoms with van der Waals surface area (Å²) in [5, 5.41) is 12.9. The topological polar surface area (TPSA) is 71.3 Å². The number of nitriles is 1. The van der Waals surface area contributed by atoms with Gasteiger partial charge in [-0.25, -0.2) is 0 Å². The molecule has 0 saturated heterocycles. The van der Waals surface area contributed by atoms with Crippen LogP contribution in [0.5, 0.6) is 11.5 Å². The minimum atomic E-state index is -0.552. The zero-order chi connectivity index (χ0) is 20.7. The summed E-state index contributed by atoms with van der Waals surface area (Å²) in [7, 11) is 1.50. The molecule has 146 valence electrons. The first-order valence-corrected chi connectivity index (χ1v) is 9.34. The minimum Gasteiger partial charge on any atom is -0.493 e. The second-order valence-electron chi connectivity index (χ2n) is 5.97. The van der Waals surface area contributed by atoms with Crippen LogP contribution in [0.15, 0.2) is 35.9 Å². The van der Waals surface area contributed by atoms with Gasteiger partial charge in [-0.15, -0.1) is 0 Å². The van der Waals surface area contributed by atoms with Crippen LogP contribution in [0.1, 0.15) is 24.5 Å². The Balaban J connectivity index is 2.30. The number of ether oxygens (including phenoxy) is 2. The van der Waals surface area contributed by atoms with Gasteiger partial charge < -0.3 is 14.8 Å². The molecule has 0 radical (unpaired) electrons. The summed E-state index contributed by atoms with van der Waals surface area (Å²) in [6.45, 7) is 4.34. The van der Waals surface area contributed by atoms with Crippen LogP contribution in [0.3, 0.4) is 0 Å². The maximum atomic E-state index is 12.5. The molecule has 2 aromatic carbocycles. The van der Waals surface area contributed by atoms with Gasteiger partial charge in [-0.3, -0.25) is 4.79 Å². The molecule has 2 rings (SSSR count). The molecule has 7 heteroatoms. The first kappa shape index (κ1) is 21.6. The lowest BCUT2D eigenvalue weighted by atomic mass is 10.1. The summed E-state index contributed by atoms with van der Waals surface area (Å²) in [6.07, 6.45) is 2.26. The van der Waals surface area contributed by atoms with Crippen molar-refractivity contribution < 1.29 is 14.3 Å². The second-order valence-corrected chi connectivity index (χ2v) is 6.78. The average Bonchev–Trinajstić information content (AvgIpc) is 2.67. The van der Waals surface area contributed by atoms with E-state index in [0.717, 1.165) is 12.0 Å². The van der Waals surface area contributed by atoms with Gasteiger partial charge in [-0.2, -0.15) is 5.26 Å². The summed E-state index contributed by atoms with van der Waals surface area (Å²) in [5.41, 5.74) is 1.85. The third-order valence-corrected chi connectivity index (χ3v) is 4.50. The molecule has 0 fully saturated rings. The van der Waals surface area contributed by atoms with Gasteiger partial charge in [0, 0.05) is 10.7 Å². The zero-order valence-corrected chi connectivity index (χ0v) is 17.3. The zero-order valence-electron chi connectivity index (χ0n) is 15.8. The fraction of sp³-hybridized carbons (Fsp3) is 0.238. The number of carbonyl (C=O) groups is 1. The van der Waals surface area contributed by atoms with Gasteiger partial charge in [0.25, 0.3) is 5.91 Å². The van der Waals surface area contributed by atoms with Gasteiger partial charge in [-0.1, -0.05) is 36.2 Å². The second kappa shape index (κ2) is 10.0. The molecule has 5 nitrogen and oxygen atoms in total. The number of carbonyl (C=O) groups excluding carboxylic acids is 1. The van der Waals surface area contributed by atoms with Crippen molar-refractivity contribution in [1.29, 1.82) is 5.26 Å². The molecule has 0 atom stereocenters. The molecule has 1 amide bonds. The van der Waals surface area contributed by atoms with Crippen molar-refractivity contribution in [3.8, 4) is 17.6 Å². The van der Waals surface area contributed by atoms with Gasteiger partial charge in [0.05, 0.1) is 18.7 Å². The highest BCUT2D eigenvalue weighted by Crippen LogP contribution is 2.37. The van der Waals surface area contributed by atoms with E-state index in [1.807, 2.05) is 19.9 Å². The predicted molar refractivity (Wildman–Crippen MR) is 112 cm³/mol. The summed E-state index contributed by atoms with van der Waals surface area (Å²) in [6, 6.07) is 10.3. The SMILES string of the molecule is CCCOc1c(Cl)cc(/C=C(\C#N)C(=O)Nc2ccc(C)c(Cl)c2)cc1OC. The molecule has 0 aliphatic carbocycles. The van der Waals surface area contributed by atoms with Crippen molar-refractivity contribution >= 4 is 40.9 Å². The number of aryl methyl sites for hydroxylation is 1. The molecular formula is C21H20Cl2N2O3. The van der Waals surface area contributed by atoms with E-state index in [2.05, 4.69) is 5.32 Å². The molecular weight excluding hydrogens is 399 g/mol. The Labute approximate surface area is 174 Å². The number of rotatable bonds is 7. The first-order chi connectivity index (χ1) is 13.4. The van der Waals surface area contributed by atoms with Crippen LogP contribution >= 0.6 is 23.2 Å². The van der Waals surface area contributed by atoms with E-state index in [1.165, 1.54) is 13.2 Å². The largest absolute Gasteiger partial charge is 0.493 e. The monoisotopic (exact) mass is 418 g/mol. The van der Waals surface area contributed by atoms with Crippen molar-refractivity contribution in [2.45, 2.75) is 20.3 Å². The summed E-state index contributed by atoms with van der Waals surface area (Å²) < 4.78 is 10.9. The van der Waals surface area contributed by atoms with E-state index in [9.17, 15) is 10.1 Å². The van der Waals surface area contributed by atoms with Crippen LogP contribution in [0.4, 0.5) is 5.69 Å². The van der Waals surface area contributed by atoms with Crippen molar-refractivity contribution in [2.24, 2.45) is 0 Å². The van der Waals surface area contributed by atoms with Crippen LogP contribution < -0.4 is 14.8 Å². The number of halogens is 2. The smallest absolute Gasteiger partial charge is 0.266 e. The number of hydrogen-bond acceptors (Lipinski definition) is 4. The Morgan fingerprint density at radius 2 is 2.00 bits per heavy atom. The molecule has 0 unspecified atom stereocenters. The molecule has 0 saturated carbocycles. The van der Waals surface area contributed by atoms with Gasteiger partial charge in [0.1, 0.15) is 11.6 Å². The van der Waals surface area contributed by atoms with E-state index in [0.29, 0.717) is 39.4 Å². The quantitative estimate of drug-likeness (QED) is 0.465. The maximum Gasteiger partial charge on any atom is 0.266 e. The fourth-order valence-electron chi connectivity index (χ4n) is 2.35. The summed E-state index contributed by atoms with van der Waals surface area (Å²) in [4.78, 5) is 12.5. The predicted octanol–water partition coefficient (Wildman–Crippen LogP) is 5.64. The number of amides is 1. The highest BCUT2D eigenvalue weighted by molar-refractivity contribution is 6.32. The number of anilines is 1.